The van der Waals surface area contributed by atoms with E-state index in [0.29, 0.717) is 23.1 Å². The first-order valence-electron chi connectivity index (χ1n) is 7.94. The highest BCUT2D eigenvalue weighted by atomic mass is 79.9. The van der Waals surface area contributed by atoms with Gasteiger partial charge in [-0.1, -0.05) is 39.8 Å². The van der Waals surface area contributed by atoms with Crippen LogP contribution in [0.5, 0.6) is 0 Å². The van der Waals surface area contributed by atoms with Gasteiger partial charge in [0.25, 0.3) is 0 Å². The lowest BCUT2D eigenvalue weighted by Crippen LogP contribution is -2.14. The summed E-state index contributed by atoms with van der Waals surface area (Å²) >= 11 is 4.62. The SMILES string of the molecule is CCn1c(SCC(=O)Nc2ccc(Br)cc2)nnc1-c1ccccc1F. The number of nitrogens with one attached hydrogen (secondary N) is 1. The molecular weight excluding hydrogens is 419 g/mol. The van der Waals surface area contributed by atoms with E-state index in [9.17, 15) is 9.18 Å². The van der Waals surface area contributed by atoms with E-state index in [1.165, 1.54) is 17.8 Å². The van der Waals surface area contributed by atoms with Gasteiger partial charge in [0.05, 0.1) is 11.3 Å². The van der Waals surface area contributed by atoms with Gasteiger partial charge < -0.3 is 9.88 Å². The predicted molar refractivity (Wildman–Crippen MR) is 105 cm³/mol. The monoisotopic (exact) mass is 434 g/mol. The molecule has 0 atom stereocenters. The molecule has 134 valence electrons. The third-order valence-electron chi connectivity index (χ3n) is 3.61. The summed E-state index contributed by atoms with van der Waals surface area (Å²) < 4.78 is 16.8. The molecule has 2 aromatic carbocycles. The van der Waals surface area contributed by atoms with Crippen LogP contribution in [-0.4, -0.2) is 26.4 Å². The van der Waals surface area contributed by atoms with E-state index in [1.807, 2.05) is 31.2 Å². The summed E-state index contributed by atoms with van der Waals surface area (Å²) in [6.45, 7) is 2.51. The highest BCUT2D eigenvalue weighted by Gasteiger charge is 2.17. The van der Waals surface area contributed by atoms with Gasteiger partial charge in [0, 0.05) is 16.7 Å². The molecule has 1 amide bonds. The molecule has 0 fully saturated rings. The van der Waals surface area contributed by atoms with Crippen molar-refractivity contribution in [2.45, 2.75) is 18.6 Å². The lowest BCUT2D eigenvalue weighted by Gasteiger charge is -2.08. The van der Waals surface area contributed by atoms with E-state index >= 15 is 0 Å². The number of aromatic nitrogens is 3. The van der Waals surface area contributed by atoms with Crippen molar-refractivity contribution in [3.8, 4) is 11.4 Å². The predicted octanol–water partition coefficient (Wildman–Crippen LogP) is 4.60. The summed E-state index contributed by atoms with van der Waals surface area (Å²) in [6.07, 6.45) is 0. The Kier molecular flexibility index (Phi) is 6.05. The van der Waals surface area contributed by atoms with Crippen LogP contribution >= 0.6 is 27.7 Å². The number of hydrogen-bond acceptors (Lipinski definition) is 4. The Balaban J connectivity index is 1.69. The summed E-state index contributed by atoms with van der Waals surface area (Å²) in [5, 5.41) is 11.6. The molecule has 0 unspecified atom stereocenters. The van der Waals surface area contributed by atoms with Crippen molar-refractivity contribution in [3.63, 3.8) is 0 Å². The minimum atomic E-state index is -0.348. The summed E-state index contributed by atoms with van der Waals surface area (Å²) in [6, 6.07) is 13.8. The number of amides is 1. The van der Waals surface area contributed by atoms with Crippen molar-refractivity contribution < 1.29 is 9.18 Å². The summed E-state index contributed by atoms with van der Waals surface area (Å²) in [5.41, 5.74) is 1.12. The van der Waals surface area contributed by atoms with Crippen molar-refractivity contribution >= 4 is 39.3 Å². The van der Waals surface area contributed by atoms with E-state index in [2.05, 4.69) is 31.4 Å². The van der Waals surface area contributed by atoms with E-state index in [4.69, 9.17) is 0 Å². The molecule has 8 heteroatoms. The fourth-order valence-corrected chi connectivity index (χ4v) is 3.45. The van der Waals surface area contributed by atoms with Crippen LogP contribution in [0.3, 0.4) is 0 Å². The van der Waals surface area contributed by atoms with Gasteiger partial charge in [-0.05, 0) is 43.3 Å². The third-order valence-corrected chi connectivity index (χ3v) is 5.10. The second-order valence-electron chi connectivity index (χ2n) is 5.37. The smallest absolute Gasteiger partial charge is 0.234 e. The minimum Gasteiger partial charge on any atom is -0.325 e. The second kappa shape index (κ2) is 8.46. The van der Waals surface area contributed by atoms with E-state index in [1.54, 1.807) is 22.8 Å². The maximum absolute atomic E-state index is 14.0. The third kappa shape index (κ3) is 4.31. The molecule has 0 aliphatic rings. The van der Waals surface area contributed by atoms with Gasteiger partial charge in [-0.15, -0.1) is 10.2 Å². The Labute approximate surface area is 163 Å². The summed E-state index contributed by atoms with van der Waals surface area (Å²) in [4.78, 5) is 12.1. The first kappa shape index (κ1) is 18.6. The summed E-state index contributed by atoms with van der Waals surface area (Å²) in [7, 11) is 0. The zero-order chi connectivity index (χ0) is 18.5. The van der Waals surface area contributed by atoms with Crippen molar-refractivity contribution in [2.24, 2.45) is 0 Å². The topological polar surface area (TPSA) is 59.8 Å². The molecule has 5 nitrogen and oxygen atoms in total. The molecule has 3 aromatic rings. The van der Waals surface area contributed by atoms with Crippen LogP contribution in [0.15, 0.2) is 58.2 Å². The summed E-state index contributed by atoms with van der Waals surface area (Å²) in [5.74, 6) is 0.154. The molecule has 0 saturated heterocycles. The molecule has 0 saturated carbocycles. The van der Waals surface area contributed by atoms with E-state index in [0.717, 1.165) is 10.2 Å². The Morgan fingerprint density at radius 1 is 1.19 bits per heavy atom. The van der Waals surface area contributed by atoms with Crippen LogP contribution < -0.4 is 5.32 Å². The molecule has 1 N–H and O–H groups in total. The van der Waals surface area contributed by atoms with Gasteiger partial charge in [0.15, 0.2) is 11.0 Å². The van der Waals surface area contributed by atoms with Gasteiger partial charge in [-0.3, -0.25) is 4.79 Å². The molecule has 1 aromatic heterocycles. The van der Waals surface area contributed by atoms with Gasteiger partial charge in [0.2, 0.25) is 5.91 Å². The van der Waals surface area contributed by atoms with E-state index < -0.39 is 0 Å². The number of halogens is 2. The van der Waals surface area contributed by atoms with Crippen molar-refractivity contribution in [3.05, 3.63) is 58.8 Å². The number of carbonyl (C=O) groups excluding carboxylic acids is 1. The maximum atomic E-state index is 14.0. The Hall–Kier alpha value is -2.19. The Bertz CT molecular complexity index is 914. The van der Waals surface area contributed by atoms with Crippen molar-refractivity contribution in [1.29, 1.82) is 0 Å². The molecule has 0 aliphatic heterocycles. The average molecular weight is 435 g/mol. The first-order valence-corrected chi connectivity index (χ1v) is 9.72. The lowest BCUT2D eigenvalue weighted by atomic mass is 10.2. The van der Waals surface area contributed by atoms with Crippen LogP contribution in [0.2, 0.25) is 0 Å². The molecule has 0 aliphatic carbocycles. The quantitative estimate of drug-likeness (QED) is 0.575. The average Bonchev–Trinajstić information content (AvgIpc) is 3.05. The van der Waals surface area contributed by atoms with Gasteiger partial charge in [-0.2, -0.15) is 0 Å². The van der Waals surface area contributed by atoms with E-state index in [-0.39, 0.29) is 17.5 Å². The zero-order valence-corrected chi connectivity index (χ0v) is 16.3. The Morgan fingerprint density at radius 2 is 1.92 bits per heavy atom. The molecule has 0 spiro atoms. The van der Waals surface area contributed by atoms with Crippen LogP contribution in [-0.2, 0) is 11.3 Å². The standard InChI is InChI=1S/C18H16BrFN4OS/c1-2-24-17(14-5-3-4-6-15(14)20)22-23-18(24)26-11-16(25)21-13-9-7-12(19)8-10-13/h3-10H,2,11H2,1H3,(H,21,25). The molecule has 1 heterocycles. The second-order valence-corrected chi connectivity index (χ2v) is 7.23. The van der Waals surface area contributed by atoms with Crippen molar-refractivity contribution in [2.75, 3.05) is 11.1 Å². The molecule has 0 radical (unpaired) electrons. The molecule has 26 heavy (non-hydrogen) atoms. The zero-order valence-electron chi connectivity index (χ0n) is 13.9. The fraction of sp³-hybridized carbons (Fsp3) is 0.167. The van der Waals surface area contributed by atoms with Crippen LogP contribution in [0.25, 0.3) is 11.4 Å². The fourth-order valence-electron chi connectivity index (χ4n) is 2.38. The van der Waals surface area contributed by atoms with Gasteiger partial charge in [-0.25, -0.2) is 4.39 Å². The number of carbonyl (C=O) groups is 1. The normalized spacial score (nSPS) is 10.7. The number of thioether (sulfide) groups is 1. The minimum absolute atomic E-state index is 0.143. The van der Waals surface area contributed by atoms with Gasteiger partial charge in [0.1, 0.15) is 5.82 Å². The van der Waals surface area contributed by atoms with Crippen LogP contribution in [0.1, 0.15) is 6.92 Å². The lowest BCUT2D eigenvalue weighted by molar-refractivity contribution is -0.113. The van der Waals surface area contributed by atoms with Crippen LogP contribution in [0, 0.1) is 5.82 Å². The van der Waals surface area contributed by atoms with Crippen molar-refractivity contribution in [1.82, 2.24) is 14.8 Å². The first-order chi connectivity index (χ1) is 12.6. The van der Waals surface area contributed by atoms with Gasteiger partial charge >= 0.3 is 0 Å². The maximum Gasteiger partial charge on any atom is 0.234 e. The highest BCUT2D eigenvalue weighted by Crippen LogP contribution is 2.26. The molecule has 3 rings (SSSR count). The molecule has 0 bridgehead atoms. The Morgan fingerprint density at radius 3 is 2.62 bits per heavy atom. The highest BCUT2D eigenvalue weighted by molar-refractivity contribution is 9.10. The number of anilines is 1. The number of nitrogens with zero attached hydrogens (tertiary/aromatic N) is 3. The number of rotatable bonds is 6. The number of hydrogen-bond donors (Lipinski definition) is 1. The van der Waals surface area contributed by atoms with Crippen LogP contribution in [0.4, 0.5) is 10.1 Å². The number of benzene rings is 2. The largest absolute Gasteiger partial charge is 0.325 e. The molecular formula is C18H16BrFN4OS.